The lowest BCUT2D eigenvalue weighted by Crippen LogP contribution is -2.17. The van der Waals surface area contributed by atoms with Crippen LogP contribution >= 0.6 is 23.4 Å². The van der Waals surface area contributed by atoms with Crippen LogP contribution in [0.2, 0.25) is 5.02 Å². The molecule has 4 rings (SSSR count). The molecule has 0 radical (unpaired) electrons. The maximum atomic E-state index is 10.1. The summed E-state index contributed by atoms with van der Waals surface area (Å²) in [6, 6.07) is 7.50. The molecule has 0 saturated heterocycles. The van der Waals surface area contributed by atoms with Gasteiger partial charge in [0.15, 0.2) is 11.0 Å². The topological polar surface area (TPSA) is 72.0 Å². The summed E-state index contributed by atoms with van der Waals surface area (Å²) in [6.07, 6.45) is 5.64. The Labute approximate surface area is 167 Å². The Bertz CT molecular complexity index is 929. The van der Waals surface area contributed by atoms with Crippen LogP contribution in [-0.4, -0.2) is 20.1 Å². The van der Waals surface area contributed by atoms with E-state index in [4.69, 9.17) is 21.0 Å². The number of halogens is 1. The predicted molar refractivity (Wildman–Crippen MR) is 106 cm³/mol. The van der Waals surface area contributed by atoms with E-state index in [1.165, 1.54) is 0 Å². The minimum absolute atomic E-state index is 0.426. The zero-order valence-corrected chi connectivity index (χ0v) is 16.7. The van der Waals surface area contributed by atoms with Crippen molar-refractivity contribution < 1.29 is 9.52 Å². The minimum Gasteiger partial charge on any atom is -0.433 e. The molecular weight excluding hydrogens is 382 g/mol. The van der Waals surface area contributed by atoms with Gasteiger partial charge in [-0.25, -0.2) is 4.98 Å². The molecule has 0 bridgehead atoms. The van der Waals surface area contributed by atoms with E-state index in [-0.39, 0.29) is 0 Å². The van der Waals surface area contributed by atoms with Crippen LogP contribution in [0.15, 0.2) is 46.2 Å². The van der Waals surface area contributed by atoms with Crippen LogP contribution in [0.25, 0.3) is 11.3 Å². The summed E-state index contributed by atoms with van der Waals surface area (Å²) < 4.78 is 6.06. The molecule has 0 spiro atoms. The number of thioether (sulfide) groups is 1. The van der Waals surface area contributed by atoms with Crippen LogP contribution < -0.4 is 0 Å². The predicted octanol–water partition coefficient (Wildman–Crippen LogP) is 5.18. The second-order valence-corrected chi connectivity index (χ2v) is 8.59. The molecule has 0 aliphatic heterocycles. The van der Waals surface area contributed by atoms with Crippen molar-refractivity contribution in [2.45, 2.75) is 49.1 Å². The van der Waals surface area contributed by atoms with Crippen molar-refractivity contribution in [3.05, 3.63) is 59.0 Å². The van der Waals surface area contributed by atoms with Crippen LogP contribution in [0.1, 0.15) is 49.9 Å². The molecule has 3 heterocycles. The van der Waals surface area contributed by atoms with E-state index in [2.05, 4.69) is 9.97 Å². The van der Waals surface area contributed by atoms with Gasteiger partial charge in [0.05, 0.1) is 16.4 Å². The Kier molecular flexibility index (Phi) is 4.97. The Balaban J connectivity index is 1.60. The number of aromatic nitrogens is 3. The lowest BCUT2D eigenvalue weighted by atomic mass is 10.0. The number of hydrogen-bond acceptors (Lipinski definition) is 6. The third-order valence-electron chi connectivity index (χ3n) is 4.34. The highest BCUT2D eigenvalue weighted by molar-refractivity contribution is 7.98. The second kappa shape index (κ2) is 7.26. The molecule has 1 N–H and O–H groups in total. The first-order valence-electron chi connectivity index (χ1n) is 8.83. The summed E-state index contributed by atoms with van der Waals surface area (Å²) >= 11 is 7.47. The van der Waals surface area contributed by atoms with Crippen LogP contribution in [0.3, 0.4) is 0 Å². The van der Waals surface area contributed by atoms with E-state index >= 15 is 0 Å². The molecule has 1 fully saturated rings. The SMILES string of the molecule is CC(C)(O)c1ccc(-c2nc(C3CC3)oc2SCc2ccc(Cl)cn2)cn1. The monoisotopic (exact) mass is 401 g/mol. The van der Waals surface area contributed by atoms with Crippen LogP contribution in [0.5, 0.6) is 0 Å². The zero-order valence-electron chi connectivity index (χ0n) is 15.1. The maximum Gasteiger partial charge on any atom is 0.199 e. The van der Waals surface area contributed by atoms with Gasteiger partial charge in [0.25, 0.3) is 0 Å². The van der Waals surface area contributed by atoms with Crippen molar-refractivity contribution in [3.63, 3.8) is 0 Å². The van der Waals surface area contributed by atoms with Gasteiger partial charge in [-0.1, -0.05) is 23.4 Å². The van der Waals surface area contributed by atoms with E-state index in [9.17, 15) is 5.11 Å². The summed E-state index contributed by atoms with van der Waals surface area (Å²) in [7, 11) is 0. The highest BCUT2D eigenvalue weighted by atomic mass is 35.5. The number of nitrogens with zero attached hydrogens (tertiary/aromatic N) is 3. The normalized spacial score (nSPS) is 14.5. The number of oxazole rings is 1. The van der Waals surface area contributed by atoms with Crippen molar-refractivity contribution in [2.24, 2.45) is 0 Å². The summed E-state index contributed by atoms with van der Waals surface area (Å²) in [5.41, 5.74) is 2.25. The van der Waals surface area contributed by atoms with E-state index in [1.807, 2.05) is 24.3 Å². The molecule has 3 aromatic heterocycles. The highest BCUT2D eigenvalue weighted by Crippen LogP contribution is 2.43. The molecule has 27 heavy (non-hydrogen) atoms. The van der Waals surface area contributed by atoms with Gasteiger partial charge in [0.2, 0.25) is 0 Å². The van der Waals surface area contributed by atoms with E-state index in [0.29, 0.717) is 22.4 Å². The van der Waals surface area contributed by atoms with E-state index < -0.39 is 5.60 Å². The number of aliphatic hydroxyl groups is 1. The quantitative estimate of drug-likeness (QED) is 0.573. The standard InChI is InChI=1S/C20H20ClN3O2S/c1-20(2,25)16-8-5-13(9-23-16)17-19(26-18(24-17)12-3-4-12)27-11-15-7-6-14(21)10-22-15/h5-10,12,25H,3-4,11H2,1-2H3. The summed E-state index contributed by atoms with van der Waals surface area (Å²) in [5, 5.41) is 11.5. The third kappa shape index (κ3) is 4.34. The lowest BCUT2D eigenvalue weighted by Gasteiger charge is -2.16. The fraction of sp³-hybridized carbons (Fsp3) is 0.350. The molecule has 1 aliphatic rings. The first-order valence-corrected chi connectivity index (χ1v) is 10.2. The average molecular weight is 402 g/mol. The maximum absolute atomic E-state index is 10.1. The summed E-state index contributed by atoms with van der Waals surface area (Å²) in [4.78, 5) is 13.5. The van der Waals surface area contributed by atoms with E-state index in [0.717, 1.165) is 40.8 Å². The first-order chi connectivity index (χ1) is 12.9. The van der Waals surface area contributed by atoms with Gasteiger partial charge in [-0.15, -0.1) is 0 Å². The molecule has 7 heteroatoms. The van der Waals surface area contributed by atoms with Crippen LogP contribution in [-0.2, 0) is 11.4 Å². The average Bonchev–Trinajstić information content (AvgIpc) is 3.41. The third-order valence-corrected chi connectivity index (χ3v) is 5.55. The van der Waals surface area contributed by atoms with Gasteiger partial charge in [-0.3, -0.25) is 9.97 Å². The first kappa shape index (κ1) is 18.5. The summed E-state index contributed by atoms with van der Waals surface area (Å²) in [6.45, 7) is 3.44. The molecule has 0 aromatic carbocycles. The Hall–Kier alpha value is -1.89. The van der Waals surface area contributed by atoms with Gasteiger partial charge in [0.1, 0.15) is 11.3 Å². The van der Waals surface area contributed by atoms with Gasteiger partial charge in [-0.05, 0) is 51.0 Å². The minimum atomic E-state index is -0.973. The number of hydrogen-bond donors (Lipinski definition) is 1. The molecule has 1 saturated carbocycles. The van der Waals surface area contributed by atoms with Gasteiger partial charge in [0, 0.05) is 29.6 Å². The molecule has 1 aliphatic carbocycles. The molecule has 0 atom stereocenters. The fourth-order valence-corrected chi connectivity index (χ4v) is 3.64. The highest BCUT2D eigenvalue weighted by Gasteiger charge is 2.31. The van der Waals surface area contributed by atoms with Gasteiger partial charge < -0.3 is 9.52 Å². The molecule has 0 amide bonds. The zero-order chi connectivity index (χ0) is 19.0. The van der Waals surface area contributed by atoms with Crippen molar-refractivity contribution in [1.29, 1.82) is 0 Å². The lowest BCUT2D eigenvalue weighted by molar-refractivity contribution is 0.0739. The molecular formula is C20H20ClN3O2S. The van der Waals surface area contributed by atoms with Crippen molar-refractivity contribution in [2.75, 3.05) is 0 Å². The second-order valence-electron chi connectivity index (χ2n) is 7.21. The van der Waals surface area contributed by atoms with E-state index in [1.54, 1.807) is 38.0 Å². The summed E-state index contributed by atoms with van der Waals surface area (Å²) in [5.74, 6) is 1.89. The Morgan fingerprint density at radius 3 is 2.59 bits per heavy atom. The van der Waals surface area contributed by atoms with Gasteiger partial charge >= 0.3 is 0 Å². The number of pyridine rings is 2. The largest absolute Gasteiger partial charge is 0.433 e. The molecule has 3 aromatic rings. The Morgan fingerprint density at radius 1 is 1.19 bits per heavy atom. The fourth-order valence-electron chi connectivity index (χ4n) is 2.63. The number of rotatable bonds is 6. The molecule has 140 valence electrons. The molecule has 5 nitrogen and oxygen atoms in total. The van der Waals surface area contributed by atoms with Crippen molar-refractivity contribution in [1.82, 2.24) is 15.0 Å². The van der Waals surface area contributed by atoms with Crippen molar-refractivity contribution in [3.8, 4) is 11.3 Å². The van der Waals surface area contributed by atoms with Crippen molar-refractivity contribution >= 4 is 23.4 Å². The van der Waals surface area contributed by atoms with Crippen LogP contribution in [0, 0.1) is 0 Å². The Morgan fingerprint density at radius 2 is 2.00 bits per heavy atom. The van der Waals surface area contributed by atoms with Gasteiger partial charge in [-0.2, -0.15) is 0 Å². The smallest absolute Gasteiger partial charge is 0.199 e. The molecule has 0 unspecified atom stereocenters. The van der Waals surface area contributed by atoms with Crippen LogP contribution in [0.4, 0.5) is 0 Å².